The summed E-state index contributed by atoms with van der Waals surface area (Å²) in [6, 6.07) is 21.4. The van der Waals surface area contributed by atoms with Crippen molar-refractivity contribution in [3.05, 3.63) is 107 Å². The number of nitrogens with two attached hydrogens (primary N) is 2. The van der Waals surface area contributed by atoms with E-state index in [2.05, 4.69) is 12.1 Å². The van der Waals surface area contributed by atoms with Gasteiger partial charge in [0.1, 0.15) is 11.5 Å². The molecular weight excluding hydrogens is 566 g/mol. The highest BCUT2D eigenvalue weighted by Gasteiger charge is 2.32. The van der Waals surface area contributed by atoms with Gasteiger partial charge in [-0.3, -0.25) is 0 Å². The molecule has 0 amide bonds. The van der Waals surface area contributed by atoms with E-state index < -0.39 is 17.0 Å². The van der Waals surface area contributed by atoms with Crippen molar-refractivity contribution < 1.29 is 18.3 Å². The first-order valence-corrected chi connectivity index (χ1v) is 16.4. The zero-order valence-electron chi connectivity index (χ0n) is 26.4. The van der Waals surface area contributed by atoms with E-state index in [0.29, 0.717) is 22.9 Å². The highest BCUT2D eigenvalue weighted by molar-refractivity contribution is 5.53. The summed E-state index contributed by atoms with van der Waals surface area (Å²) in [5.74, 6) is 1.20. The van der Waals surface area contributed by atoms with Crippen LogP contribution < -0.4 is 20.9 Å². The number of halogens is 2. The van der Waals surface area contributed by atoms with Crippen molar-refractivity contribution in [3.63, 3.8) is 0 Å². The largest absolute Gasteiger partial charge is 0.454 e. The monoisotopic (exact) mass is 610 g/mol. The fraction of sp³-hybridized carbons (Fsp3) is 0.385. The third-order valence-electron chi connectivity index (χ3n) is 9.88. The van der Waals surface area contributed by atoms with E-state index in [0.717, 1.165) is 73.6 Å². The lowest BCUT2D eigenvalue weighted by atomic mass is 9.74. The lowest BCUT2D eigenvalue weighted by Gasteiger charge is -2.32. The molecule has 2 aliphatic rings. The van der Waals surface area contributed by atoms with Gasteiger partial charge in [-0.05, 0) is 109 Å². The van der Waals surface area contributed by atoms with Crippen LogP contribution in [0.4, 0.5) is 20.2 Å². The van der Waals surface area contributed by atoms with E-state index in [1.807, 2.05) is 13.8 Å². The van der Waals surface area contributed by atoms with E-state index in [1.165, 1.54) is 12.8 Å². The third-order valence-corrected chi connectivity index (χ3v) is 9.88. The van der Waals surface area contributed by atoms with Gasteiger partial charge in [0.25, 0.3) is 0 Å². The molecule has 0 heterocycles. The molecule has 0 bridgehead atoms. The first-order chi connectivity index (χ1) is 21.7. The van der Waals surface area contributed by atoms with Crippen LogP contribution in [0.1, 0.15) is 112 Å². The van der Waals surface area contributed by atoms with E-state index in [9.17, 15) is 0 Å². The molecule has 0 unspecified atom stereocenters. The smallest absolute Gasteiger partial charge is 0.166 e. The van der Waals surface area contributed by atoms with Crippen LogP contribution in [0.5, 0.6) is 23.0 Å². The van der Waals surface area contributed by atoms with Crippen molar-refractivity contribution in [2.75, 3.05) is 11.5 Å². The molecule has 0 aliphatic heterocycles. The first kappa shape index (κ1) is 30.9. The van der Waals surface area contributed by atoms with Gasteiger partial charge < -0.3 is 20.9 Å². The molecule has 4 nitrogen and oxygen atoms in total. The molecule has 2 aliphatic carbocycles. The van der Waals surface area contributed by atoms with Crippen LogP contribution in [0.2, 0.25) is 0 Å². The lowest BCUT2D eigenvalue weighted by molar-refractivity contribution is 0.397. The fourth-order valence-electron chi connectivity index (χ4n) is 7.07. The Morgan fingerprint density at radius 3 is 1.27 bits per heavy atom. The quantitative estimate of drug-likeness (QED) is 0.195. The Hall–Kier alpha value is -4.06. The standard InChI is InChI=1S/C39H44F2N2O2/c1-39(2,27-21-33(25-9-5-3-6-10-25)37(35(40)23-27)44-31-17-13-29(42)14-18-31)28-22-34(26-11-7-4-8-12-26)38(36(41)24-28)45-32-19-15-30(43)16-20-32/h13-26H,3-12,42-43H2,1-2H3. The molecule has 0 atom stereocenters. The number of nitrogen functional groups attached to an aromatic ring is 2. The summed E-state index contributed by atoms with van der Waals surface area (Å²) >= 11 is 0. The minimum Gasteiger partial charge on any atom is -0.454 e. The van der Waals surface area contributed by atoms with Gasteiger partial charge in [0.2, 0.25) is 0 Å². The van der Waals surface area contributed by atoms with Crippen molar-refractivity contribution in [3.8, 4) is 23.0 Å². The van der Waals surface area contributed by atoms with Crippen molar-refractivity contribution in [2.24, 2.45) is 0 Å². The predicted molar refractivity (Wildman–Crippen MR) is 178 cm³/mol. The number of rotatable bonds is 8. The molecule has 0 radical (unpaired) electrons. The molecular formula is C39H44F2N2O2. The van der Waals surface area contributed by atoms with Gasteiger partial charge in [-0.15, -0.1) is 0 Å². The van der Waals surface area contributed by atoms with E-state index in [4.69, 9.17) is 20.9 Å². The second kappa shape index (κ2) is 13.1. The minimum absolute atomic E-state index is 0.193. The summed E-state index contributed by atoms with van der Waals surface area (Å²) in [6.07, 6.45) is 10.7. The SMILES string of the molecule is CC(C)(c1cc(F)c(Oc2ccc(N)cc2)c(C2CCCCC2)c1)c1cc(F)c(Oc2ccc(N)cc2)c(C2CCCCC2)c1. The van der Waals surface area contributed by atoms with Crippen LogP contribution in [0.25, 0.3) is 0 Å². The molecule has 0 spiro atoms. The Morgan fingerprint density at radius 2 is 0.911 bits per heavy atom. The Bertz CT molecular complexity index is 1500. The molecule has 2 saturated carbocycles. The molecule has 6 heteroatoms. The number of benzene rings is 4. The molecule has 0 aromatic heterocycles. The van der Waals surface area contributed by atoms with Crippen molar-refractivity contribution in [1.29, 1.82) is 0 Å². The minimum atomic E-state index is -0.687. The summed E-state index contributed by atoms with van der Waals surface area (Å²) in [6.45, 7) is 4.10. The predicted octanol–water partition coefficient (Wildman–Crippen LogP) is 11.1. The second-order valence-electron chi connectivity index (χ2n) is 13.4. The van der Waals surface area contributed by atoms with Gasteiger partial charge in [0.15, 0.2) is 23.1 Å². The maximum Gasteiger partial charge on any atom is 0.166 e. The van der Waals surface area contributed by atoms with Crippen molar-refractivity contribution in [2.45, 2.75) is 95.3 Å². The van der Waals surface area contributed by atoms with E-state index >= 15 is 8.78 Å². The molecule has 4 N–H and O–H groups in total. The maximum atomic E-state index is 16.2. The molecule has 0 saturated heterocycles. The molecule has 45 heavy (non-hydrogen) atoms. The average Bonchev–Trinajstić information content (AvgIpc) is 3.05. The van der Waals surface area contributed by atoms with Crippen LogP contribution in [-0.4, -0.2) is 0 Å². The Morgan fingerprint density at radius 1 is 0.556 bits per heavy atom. The fourth-order valence-corrected chi connectivity index (χ4v) is 7.07. The van der Waals surface area contributed by atoms with E-state index in [1.54, 1.807) is 60.7 Å². The molecule has 236 valence electrons. The lowest BCUT2D eigenvalue weighted by Crippen LogP contribution is -2.22. The van der Waals surface area contributed by atoms with Crippen LogP contribution in [0.15, 0.2) is 72.8 Å². The maximum absolute atomic E-state index is 16.2. The van der Waals surface area contributed by atoms with E-state index in [-0.39, 0.29) is 23.3 Å². The van der Waals surface area contributed by atoms with Crippen LogP contribution in [0, 0.1) is 11.6 Å². The second-order valence-corrected chi connectivity index (χ2v) is 13.4. The van der Waals surface area contributed by atoms with Crippen LogP contribution in [-0.2, 0) is 5.41 Å². The number of anilines is 2. The number of hydrogen-bond acceptors (Lipinski definition) is 4. The van der Waals surface area contributed by atoms with Gasteiger partial charge in [0.05, 0.1) is 0 Å². The molecule has 4 aromatic carbocycles. The number of ether oxygens (including phenoxy) is 2. The Balaban J connectivity index is 1.42. The summed E-state index contributed by atoms with van der Waals surface area (Å²) in [5, 5.41) is 0. The van der Waals surface area contributed by atoms with Gasteiger partial charge in [-0.2, -0.15) is 0 Å². The zero-order chi connectivity index (χ0) is 31.6. The summed E-state index contributed by atoms with van der Waals surface area (Å²) in [5.41, 5.74) is 15.7. The van der Waals surface area contributed by atoms with Crippen LogP contribution in [0.3, 0.4) is 0 Å². The Kier molecular flexibility index (Phi) is 9.02. The highest BCUT2D eigenvalue weighted by Crippen LogP contribution is 2.47. The first-order valence-electron chi connectivity index (χ1n) is 16.4. The van der Waals surface area contributed by atoms with Crippen LogP contribution >= 0.6 is 0 Å². The topological polar surface area (TPSA) is 70.5 Å². The Labute approximate surface area is 265 Å². The molecule has 2 fully saturated rings. The normalized spacial score (nSPS) is 16.4. The van der Waals surface area contributed by atoms with Gasteiger partial charge >= 0.3 is 0 Å². The van der Waals surface area contributed by atoms with Gasteiger partial charge in [-0.1, -0.05) is 64.5 Å². The summed E-state index contributed by atoms with van der Waals surface area (Å²) < 4.78 is 44.8. The van der Waals surface area contributed by atoms with Crippen molar-refractivity contribution in [1.82, 2.24) is 0 Å². The third kappa shape index (κ3) is 6.80. The molecule has 6 rings (SSSR count). The zero-order valence-corrected chi connectivity index (χ0v) is 26.4. The average molecular weight is 611 g/mol. The van der Waals surface area contributed by atoms with Gasteiger partial charge in [-0.25, -0.2) is 8.78 Å². The van der Waals surface area contributed by atoms with Gasteiger partial charge in [0, 0.05) is 27.9 Å². The highest BCUT2D eigenvalue weighted by atomic mass is 19.1. The molecule has 4 aromatic rings. The summed E-state index contributed by atoms with van der Waals surface area (Å²) in [4.78, 5) is 0. The van der Waals surface area contributed by atoms with Crippen molar-refractivity contribution >= 4 is 11.4 Å². The summed E-state index contributed by atoms with van der Waals surface area (Å²) in [7, 11) is 0. The number of hydrogen-bond donors (Lipinski definition) is 2.